The normalized spacial score (nSPS) is 11.9. The highest BCUT2D eigenvalue weighted by atomic mass is 16.4. The summed E-state index contributed by atoms with van der Waals surface area (Å²) >= 11 is 0. The molecule has 0 aromatic heterocycles. The van der Waals surface area contributed by atoms with E-state index in [2.05, 4.69) is 5.32 Å². The van der Waals surface area contributed by atoms with Crippen molar-refractivity contribution in [3.8, 4) is 0 Å². The summed E-state index contributed by atoms with van der Waals surface area (Å²) in [4.78, 5) is 22.4. The Bertz CT molecular complexity index is 427. The van der Waals surface area contributed by atoms with Gasteiger partial charge in [0, 0.05) is 0 Å². The highest BCUT2D eigenvalue weighted by Crippen LogP contribution is 2.19. The van der Waals surface area contributed by atoms with Crippen LogP contribution >= 0.6 is 0 Å². The van der Waals surface area contributed by atoms with Crippen molar-refractivity contribution < 1.29 is 14.7 Å². The van der Waals surface area contributed by atoms with Crippen LogP contribution in [0.2, 0.25) is 0 Å². The van der Waals surface area contributed by atoms with Crippen LogP contribution < -0.4 is 11.1 Å². The second kappa shape index (κ2) is 4.76. The van der Waals surface area contributed by atoms with Gasteiger partial charge in [-0.2, -0.15) is 0 Å². The number of aromatic carboxylic acids is 1. The van der Waals surface area contributed by atoms with Gasteiger partial charge in [0.25, 0.3) is 0 Å². The quantitative estimate of drug-likeness (QED) is 0.710. The predicted octanol–water partition coefficient (Wildman–Crippen LogP) is 0.979. The van der Waals surface area contributed by atoms with Crippen molar-refractivity contribution in [1.82, 2.24) is 0 Å². The van der Waals surface area contributed by atoms with E-state index >= 15 is 0 Å². The summed E-state index contributed by atoms with van der Waals surface area (Å²) in [5.74, 6) is -1.48. The first-order valence-corrected chi connectivity index (χ1v) is 4.83. The highest BCUT2D eigenvalue weighted by Gasteiger charge is 2.16. The molecule has 1 rings (SSSR count). The van der Waals surface area contributed by atoms with Gasteiger partial charge in [-0.05, 0) is 25.5 Å². The van der Waals surface area contributed by atoms with Crippen molar-refractivity contribution in [1.29, 1.82) is 0 Å². The van der Waals surface area contributed by atoms with E-state index in [4.69, 9.17) is 10.8 Å². The number of nitrogens with one attached hydrogen (secondary N) is 1. The van der Waals surface area contributed by atoms with Gasteiger partial charge < -0.3 is 16.2 Å². The van der Waals surface area contributed by atoms with Crippen molar-refractivity contribution >= 4 is 17.6 Å². The first-order valence-electron chi connectivity index (χ1n) is 4.83. The third-order valence-electron chi connectivity index (χ3n) is 2.16. The minimum absolute atomic E-state index is 0.0940. The van der Waals surface area contributed by atoms with E-state index in [1.165, 1.54) is 13.0 Å². The van der Waals surface area contributed by atoms with E-state index in [9.17, 15) is 9.59 Å². The fraction of sp³-hybridized carbons (Fsp3) is 0.273. The zero-order valence-electron chi connectivity index (χ0n) is 9.15. The summed E-state index contributed by atoms with van der Waals surface area (Å²) in [6.07, 6.45) is 0. The average Bonchev–Trinajstić information content (AvgIpc) is 2.16. The van der Waals surface area contributed by atoms with Gasteiger partial charge in [-0.1, -0.05) is 12.1 Å². The standard InChI is InChI=1S/C11H14N2O3/c1-6-4-3-5-8(9(6)11(15)16)13-10(14)7(2)12/h3-5,7H,12H2,1-2H3,(H,13,14)(H,15,16)/t7-/m1/s1. The molecule has 0 heterocycles. The Morgan fingerprint density at radius 2 is 2.06 bits per heavy atom. The Morgan fingerprint density at radius 3 is 2.56 bits per heavy atom. The highest BCUT2D eigenvalue weighted by molar-refractivity contribution is 6.02. The molecule has 0 fully saturated rings. The Hall–Kier alpha value is -1.88. The molecule has 0 aliphatic carbocycles. The van der Waals surface area contributed by atoms with Crippen molar-refractivity contribution in [2.24, 2.45) is 5.73 Å². The number of carbonyl (C=O) groups is 2. The lowest BCUT2D eigenvalue weighted by molar-refractivity contribution is -0.117. The van der Waals surface area contributed by atoms with Crippen molar-refractivity contribution in [2.45, 2.75) is 19.9 Å². The predicted molar refractivity (Wildman–Crippen MR) is 60.4 cm³/mol. The average molecular weight is 222 g/mol. The molecular weight excluding hydrogens is 208 g/mol. The number of rotatable bonds is 3. The summed E-state index contributed by atoms with van der Waals surface area (Å²) < 4.78 is 0. The van der Waals surface area contributed by atoms with E-state index in [1.807, 2.05) is 0 Å². The number of aryl methyl sites for hydroxylation is 1. The first-order chi connectivity index (χ1) is 7.43. The molecule has 1 amide bonds. The van der Waals surface area contributed by atoms with Gasteiger partial charge in [0.05, 0.1) is 17.3 Å². The van der Waals surface area contributed by atoms with Crippen LogP contribution in [0.3, 0.4) is 0 Å². The number of hydrogen-bond acceptors (Lipinski definition) is 3. The lowest BCUT2D eigenvalue weighted by Gasteiger charge is -2.11. The molecule has 1 aromatic rings. The Labute approximate surface area is 93.3 Å². The number of hydrogen-bond donors (Lipinski definition) is 3. The van der Waals surface area contributed by atoms with Gasteiger partial charge in [0.15, 0.2) is 0 Å². The lowest BCUT2D eigenvalue weighted by atomic mass is 10.1. The van der Waals surface area contributed by atoms with Gasteiger partial charge in [-0.3, -0.25) is 4.79 Å². The maximum Gasteiger partial charge on any atom is 0.338 e. The van der Waals surface area contributed by atoms with Crippen LogP contribution in [-0.4, -0.2) is 23.0 Å². The SMILES string of the molecule is Cc1cccc(NC(=O)[C@@H](C)N)c1C(=O)O. The minimum atomic E-state index is -1.07. The summed E-state index contributed by atoms with van der Waals surface area (Å²) in [6.45, 7) is 3.20. The molecule has 0 aliphatic rings. The molecular formula is C11H14N2O3. The number of benzene rings is 1. The molecule has 0 aliphatic heterocycles. The van der Waals surface area contributed by atoms with E-state index in [0.29, 0.717) is 5.56 Å². The van der Waals surface area contributed by atoms with Crippen LogP contribution in [0.1, 0.15) is 22.8 Å². The molecule has 0 bridgehead atoms. The fourth-order valence-electron chi connectivity index (χ4n) is 1.30. The van der Waals surface area contributed by atoms with Crippen LogP contribution in [0, 0.1) is 6.92 Å². The number of carboxylic acid groups (broad SMARTS) is 1. The van der Waals surface area contributed by atoms with Crippen molar-refractivity contribution in [2.75, 3.05) is 5.32 Å². The molecule has 5 nitrogen and oxygen atoms in total. The third kappa shape index (κ3) is 2.58. The van der Waals surface area contributed by atoms with Crippen LogP contribution in [0.5, 0.6) is 0 Å². The van der Waals surface area contributed by atoms with Gasteiger partial charge in [-0.25, -0.2) is 4.79 Å². The third-order valence-corrected chi connectivity index (χ3v) is 2.16. The van der Waals surface area contributed by atoms with Crippen LogP contribution in [0.4, 0.5) is 5.69 Å². The maximum absolute atomic E-state index is 11.4. The van der Waals surface area contributed by atoms with Crippen molar-refractivity contribution in [3.05, 3.63) is 29.3 Å². The van der Waals surface area contributed by atoms with E-state index in [-0.39, 0.29) is 11.3 Å². The largest absolute Gasteiger partial charge is 0.478 e. The number of amides is 1. The zero-order valence-corrected chi connectivity index (χ0v) is 9.15. The summed E-state index contributed by atoms with van der Waals surface area (Å²) in [6, 6.07) is 4.21. The number of nitrogens with two attached hydrogens (primary N) is 1. The van der Waals surface area contributed by atoms with Gasteiger partial charge in [-0.15, -0.1) is 0 Å². The molecule has 0 saturated carbocycles. The van der Waals surface area contributed by atoms with Crippen LogP contribution in [0.25, 0.3) is 0 Å². The molecule has 0 unspecified atom stereocenters. The number of carboxylic acids is 1. The fourth-order valence-corrected chi connectivity index (χ4v) is 1.30. The minimum Gasteiger partial charge on any atom is -0.478 e. The molecule has 0 saturated heterocycles. The van der Waals surface area contributed by atoms with E-state index in [0.717, 1.165) is 0 Å². The van der Waals surface area contributed by atoms with Gasteiger partial charge in [0.1, 0.15) is 0 Å². The molecule has 1 aromatic carbocycles. The van der Waals surface area contributed by atoms with Gasteiger partial charge in [0.2, 0.25) is 5.91 Å². The summed E-state index contributed by atoms with van der Waals surface area (Å²) in [5, 5.41) is 11.5. The smallest absolute Gasteiger partial charge is 0.338 e. The molecule has 86 valence electrons. The topological polar surface area (TPSA) is 92.4 Å². The Balaban J connectivity index is 3.09. The van der Waals surface area contributed by atoms with Gasteiger partial charge >= 0.3 is 5.97 Å². The van der Waals surface area contributed by atoms with Crippen LogP contribution in [-0.2, 0) is 4.79 Å². The number of anilines is 1. The molecule has 0 radical (unpaired) electrons. The van der Waals surface area contributed by atoms with Crippen LogP contribution in [0.15, 0.2) is 18.2 Å². The molecule has 1 atom stereocenters. The zero-order chi connectivity index (χ0) is 12.3. The first kappa shape index (κ1) is 12.2. The summed E-state index contributed by atoms with van der Waals surface area (Å²) in [7, 11) is 0. The molecule has 4 N–H and O–H groups in total. The Morgan fingerprint density at radius 1 is 1.44 bits per heavy atom. The second-order valence-electron chi connectivity index (χ2n) is 3.58. The Kier molecular flexibility index (Phi) is 3.63. The molecule has 16 heavy (non-hydrogen) atoms. The maximum atomic E-state index is 11.4. The molecule has 0 spiro atoms. The lowest BCUT2D eigenvalue weighted by Crippen LogP contribution is -2.33. The molecule has 5 heteroatoms. The summed E-state index contributed by atoms with van der Waals surface area (Å²) in [5.41, 5.74) is 6.35. The van der Waals surface area contributed by atoms with E-state index in [1.54, 1.807) is 19.1 Å². The van der Waals surface area contributed by atoms with E-state index < -0.39 is 17.9 Å². The monoisotopic (exact) mass is 222 g/mol. The van der Waals surface area contributed by atoms with Crippen molar-refractivity contribution in [3.63, 3.8) is 0 Å². The number of carbonyl (C=O) groups excluding carboxylic acids is 1. The second-order valence-corrected chi connectivity index (χ2v) is 3.58.